The molecule has 0 amide bonds. The topological polar surface area (TPSA) is 67.6 Å². The molecule has 0 saturated heterocycles. The third-order valence-corrected chi connectivity index (χ3v) is 7.75. The van der Waals surface area contributed by atoms with Gasteiger partial charge in [-0.2, -0.15) is 5.10 Å². The predicted molar refractivity (Wildman–Crippen MR) is 145 cm³/mol. The van der Waals surface area contributed by atoms with E-state index in [9.17, 15) is 0 Å². The molecule has 8 heteroatoms. The highest BCUT2D eigenvalue weighted by atomic mass is 32.1. The van der Waals surface area contributed by atoms with Crippen LogP contribution in [-0.4, -0.2) is 51.7 Å². The van der Waals surface area contributed by atoms with E-state index in [0.717, 1.165) is 34.1 Å². The summed E-state index contributed by atoms with van der Waals surface area (Å²) in [6.45, 7) is 3.52. The van der Waals surface area contributed by atoms with E-state index >= 15 is 0 Å². The van der Waals surface area contributed by atoms with E-state index in [2.05, 4.69) is 52.6 Å². The molecule has 1 atom stereocenters. The molecule has 3 aromatic rings. The molecule has 7 nitrogen and oxygen atoms in total. The Labute approximate surface area is 211 Å². The van der Waals surface area contributed by atoms with E-state index in [-0.39, 0.29) is 6.04 Å². The summed E-state index contributed by atoms with van der Waals surface area (Å²) in [7, 11) is 3.65. The first-order chi connectivity index (χ1) is 17.1. The van der Waals surface area contributed by atoms with Crippen LogP contribution in [0.3, 0.4) is 0 Å². The van der Waals surface area contributed by atoms with Crippen molar-refractivity contribution in [2.75, 3.05) is 19.0 Å². The molecule has 0 radical (unpaired) electrons. The Morgan fingerprint density at radius 1 is 1.20 bits per heavy atom. The van der Waals surface area contributed by atoms with Crippen LogP contribution in [0.2, 0.25) is 0 Å². The lowest BCUT2D eigenvalue weighted by atomic mass is 9.96. The molecule has 3 heterocycles. The fourth-order valence-electron chi connectivity index (χ4n) is 4.85. The maximum atomic E-state index is 5.81. The molecule has 1 aliphatic heterocycles. The number of aromatic nitrogens is 3. The minimum Gasteiger partial charge on any atom is -0.496 e. The molecule has 1 unspecified atom stereocenters. The highest BCUT2D eigenvalue weighted by Crippen LogP contribution is 2.30. The van der Waals surface area contributed by atoms with Gasteiger partial charge in [0.15, 0.2) is 5.13 Å². The molecular formula is C27H34N6OS. The average Bonchev–Trinajstić information content (AvgIpc) is 3.48. The zero-order valence-electron chi connectivity index (χ0n) is 20.8. The Kier molecular flexibility index (Phi) is 7.18. The van der Waals surface area contributed by atoms with Gasteiger partial charge in [-0.25, -0.2) is 4.98 Å². The van der Waals surface area contributed by atoms with Crippen LogP contribution in [0.25, 0.3) is 15.8 Å². The summed E-state index contributed by atoms with van der Waals surface area (Å²) in [5.41, 5.74) is 4.37. The van der Waals surface area contributed by atoms with Gasteiger partial charge in [-0.05, 0) is 43.5 Å². The lowest BCUT2D eigenvalue weighted by Gasteiger charge is -2.25. The van der Waals surface area contributed by atoms with E-state index in [1.54, 1.807) is 23.1 Å². The van der Waals surface area contributed by atoms with Crippen molar-refractivity contribution in [2.24, 2.45) is 12.0 Å². The van der Waals surface area contributed by atoms with E-state index in [4.69, 9.17) is 14.7 Å². The molecule has 2 aromatic heterocycles. The average molecular weight is 491 g/mol. The highest BCUT2D eigenvalue weighted by Gasteiger charge is 2.18. The second-order valence-electron chi connectivity index (χ2n) is 9.45. The second kappa shape index (κ2) is 10.6. The van der Waals surface area contributed by atoms with Crippen LogP contribution in [0, 0.1) is 0 Å². The lowest BCUT2D eigenvalue weighted by Crippen LogP contribution is -2.30. The molecule has 0 bridgehead atoms. The van der Waals surface area contributed by atoms with Crippen LogP contribution < -0.4 is 5.32 Å². The van der Waals surface area contributed by atoms with Crippen LogP contribution in [0.5, 0.6) is 0 Å². The van der Waals surface area contributed by atoms with Crippen LogP contribution >= 0.6 is 11.3 Å². The van der Waals surface area contributed by atoms with Crippen LogP contribution in [0.1, 0.15) is 50.2 Å². The first-order valence-electron chi connectivity index (χ1n) is 12.5. The molecule has 184 valence electrons. The number of hydrogen-bond acceptors (Lipinski definition) is 7. The number of nitrogens with one attached hydrogen (secondary N) is 1. The number of benzene rings is 1. The van der Waals surface area contributed by atoms with Gasteiger partial charge in [-0.3, -0.25) is 9.67 Å². The largest absolute Gasteiger partial charge is 0.496 e. The minimum atomic E-state index is 0.104. The SMILES string of the molecule is COC1=CC(C)N(Cc2ccc3nc(NC4CCCCC4)sc3c2)C=NCC=C1c1cnn(C)c1. The standard InChI is InChI=1S/C27H34N6OS/c1-19-13-25(34-3)23(21-15-29-32(2)17-21)11-12-28-18-33(19)16-20-9-10-24-26(14-20)35-27(31-24)30-22-7-5-4-6-8-22/h9-11,13-15,17-19,22H,4-8,12,16H2,1-3H3,(H,30,31). The predicted octanol–water partition coefficient (Wildman–Crippen LogP) is 5.62. The number of thiazole rings is 1. The molecule has 1 aliphatic carbocycles. The molecule has 2 aliphatic rings. The number of nitrogens with zero attached hydrogens (tertiary/aromatic N) is 5. The summed E-state index contributed by atoms with van der Waals surface area (Å²) in [6.07, 6.45) is 16.6. The van der Waals surface area contributed by atoms with Gasteiger partial charge in [-0.15, -0.1) is 0 Å². The van der Waals surface area contributed by atoms with Gasteiger partial charge < -0.3 is 15.0 Å². The Morgan fingerprint density at radius 2 is 2.06 bits per heavy atom. The quantitative estimate of drug-likeness (QED) is 0.486. The van der Waals surface area contributed by atoms with E-state index in [0.29, 0.717) is 12.6 Å². The molecule has 35 heavy (non-hydrogen) atoms. The van der Waals surface area contributed by atoms with Gasteiger partial charge in [0.2, 0.25) is 0 Å². The summed E-state index contributed by atoms with van der Waals surface area (Å²) < 4.78 is 8.84. The number of aliphatic imine (C=N–C) groups is 1. The second-order valence-corrected chi connectivity index (χ2v) is 10.5. The van der Waals surface area contributed by atoms with Crippen molar-refractivity contribution in [1.82, 2.24) is 19.7 Å². The first kappa shape index (κ1) is 23.6. The van der Waals surface area contributed by atoms with Crippen molar-refractivity contribution in [1.29, 1.82) is 0 Å². The molecule has 1 N–H and O–H groups in total. The number of rotatable bonds is 6. The van der Waals surface area contributed by atoms with Gasteiger partial charge in [0.25, 0.3) is 0 Å². The van der Waals surface area contributed by atoms with Crippen molar-refractivity contribution in [3.8, 4) is 0 Å². The minimum absolute atomic E-state index is 0.104. The number of methoxy groups -OCH3 is 1. The summed E-state index contributed by atoms with van der Waals surface area (Å²) in [6, 6.07) is 7.27. The molecule has 1 aromatic carbocycles. The number of hydrogen-bond donors (Lipinski definition) is 1. The van der Waals surface area contributed by atoms with Gasteiger partial charge in [-0.1, -0.05) is 42.7 Å². The molecular weight excluding hydrogens is 456 g/mol. The Balaban J connectivity index is 1.33. The Morgan fingerprint density at radius 3 is 2.83 bits per heavy atom. The van der Waals surface area contributed by atoms with Crippen molar-refractivity contribution < 1.29 is 4.74 Å². The van der Waals surface area contributed by atoms with Crippen LogP contribution in [0.4, 0.5) is 5.13 Å². The fraction of sp³-hybridized carbons (Fsp3) is 0.444. The van der Waals surface area contributed by atoms with Crippen molar-refractivity contribution in [3.05, 3.63) is 59.6 Å². The number of anilines is 1. The van der Waals surface area contributed by atoms with E-state index < -0.39 is 0 Å². The summed E-state index contributed by atoms with van der Waals surface area (Å²) >= 11 is 1.76. The molecule has 0 spiro atoms. The molecule has 5 rings (SSSR count). The van der Waals surface area contributed by atoms with E-state index in [1.807, 2.05) is 25.8 Å². The number of aryl methyl sites for hydroxylation is 1. The van der Waals surface area contributed by atoms with Gasteiger partial charge >= 0.3 is 0 Å². The third kappa shape index (κ3) is 5.59. The van der Waals surface area contributed by atoms with Crippen molar-refractivity contribution >= 4 is 38.6 Å². The smallest absolute Gasteiger partial charge is 0.184 e. The third-order valence-electron chi connectivity index (χ3n) is 6.80. The Bertz CT molecular complexity index is 1250. The summed E-state index contributed by atoms with van der Waals surface area (Å²) in [5.74, 6) is 0.845. The van der Waals surface area contributed by atoms with Crippen molar-refractivity contribution in [3.63, 3.8) is 0 Å². The zero-order valence-corrected chi connectivity index (χ0v) is 21.6. The number of allylic oxidation sites excluding steroid dienone is 1. The van der Waals surface area contributed by atoms with Crippen LogP contribution in [-0.2, 0) is 18.3 Å². The number of ether oxygens (including phenoxy) is 1. The van der Waals surface area contributed by atoms with Gasteiger partial charge in [0.05, 0.1) is 36.4 Å². The lowest BCUT2D eigenvalue weighted by molar-refractivity contribution is 0.299. The van der Waals surface area contributed by atoms with E-state index in [1.165, 1.54) is 42.4 Å². The first-order valence-corrected chi connectivity index (χ1v) is 13.3. The summed E-state index contributed by atoms with van der Waals surface area (Å²) in [4.78, 5) is 11.8. The highest BCUT2D eigenvalue weighted by molar-refractivity contribution is 7.22. The molecule has 1 fully saturated rings. The maximum Gasteiger partial charge on any atom is 0.184 e. The van der Waals surface area contributed by atoms with Crippen molar-refractivity contribution in [2.45, 2.75) is 57.7 Å². The van der Waals surface area contributed by atoms with Crippen LogP contribution in [0.15, 0.2) is 53.5 Å². The van der Waals surface area contributed by atoms with Gasteiger partial charge in [0, 0.05) is 43.0 Å². The maximum absolute atomic E-state index is 5.81. The summed E-state index contributed by atoms with van der Waals surface area (Å²) in [5, 5.41) is 9.04. The van der Waals surface area contributed by atoms with Gasteiger partial charge in [0.1, 0.15) is 5.76 Å². The normalized spacial score (nSPS) is 19.6. The zero-order chi connectivity index (χ0) is 24.2. The number of fused-ring (bicyclic) bond motifs is 1. The Hall–Kier alpha value is -3.13. The fourth-order valence-corrected chi connectivity index (χ4v) is 5.86. The monoisotopic (exact) mass is 490 g/mol. The molecule has 1 saturated carbocycles.